The molecule has 0 saturated heterocycles. The number of thiocyanates is 1. The minimum absolute atomic E-state index is 0.125. The Morgan fingerprint density at radius 1 is 0.671 bits per heavy atom. The molecule has 0 aliphatic carbocycles. The van der Waals surface area contributed by atoms with Crippen LogP contribution in [0.5, 0.6) is 0 Å². The van der Waals surface area contributed by atoms with Crippen molar-refractivity contribution < 1.29 is 52.7 Å². The van der Waals surface area contributed by atoms with Gasteiger partial charge in [-0.3, -0.25) is 0 Å². The van der Waals surface area contributed by atoms with E-state index in [9.17, 15) is 5.21 Å². The summed E-state index contributed by atoms with van der Waals surface area (Å²) in [6.07, 6.45) is 4.62. The lowest BCUT2D eigenvalue weighted by Gasteiger charge is -2.35. The quantitative estimate of drug-likeness (QED) is 0.00730. The van der Waals surface area contributed by atoms with Gasteiger partial charge in [-0.2, -0.15) is 15.1 Å². The molecule has 2 aliphatic heterocycles. The lowest BCUT2D eigenvalue weighted by atomic mass is 9.87. The molecule has 8 rings (SSSR count). The Kier molecular flexibility index (Phi) is 25.8. The van der Waals surface area contributed by atoms with Gasteiger partial charge in [-0.1, -0.05) is 87.9 Å². The fraction of sp³-hybridized carbons (Fsp3) is 0.421. The maximum absolute atomic E-state index is 10.0. The first-order valence-corrected chi connectivity index (χ1v) is 29.5. The number of ether oxygens (including phenoxy) is 9. The first-order valence-electron chi connectivity index (χ1n) is 26.3. The Bertz CT molecular complexity index is 2800. The maximum Gasteiger partial charge on any atom is 0.140 e. The molecule has 4 heterocycles. The predicted octanol–water partition coefficient (Wildman–Crippen LogP) is 9.85. The van der Waals surface area contributed by atoms with Crippen LogP contribution in [0.2, 0.25) is 0 Å². The number of thioether (sulfide) groups is 1. The van der Waals surface area contributed by atoms with Gasteiger partial charge in [0.25, 0.3) is 0 Å². The van der Waals surface area contributed by atoms with E-state index in [-0.39, 0.29) is 24.8 Å². The number of benzene rings is 4. The summed E-state index contributed by atoms with van der Waals surface area (Å²) in [7, 11) is 3.35. The van der Waals surface area contributed by atoms with Crippen molar-refractivity contribution in [2.75, 3.05) is 141 Å². The van der Waals surface area contributed by atoms with Crippen molar-refractivity contribution in [1.29, 1.82) is 5.26 Å². The number of hydrogen-bond donors (Lipinski definition) is 1. The van der Waals surface area contributed by atoms with Crippen LogP contribution in [0.15, 0.2) is 153 Å². The number of nitriles is 1. The Hall–Kier alpha value is -5.78. The van der Waals surface area contributed by atoms with Crippen LogP contribution in [0.4, 0.5) is 11.4 Å². The smallest absolute Gasteiger partial charge is 0.140 e. The van der Waals surface area contributed by atoms with E-state index in [1.807, 2.05) is 71.7 Å². The first kappa shape index (κ1) is 59.3. The number of pyridine rings is 1. The molecule has 0 saturated carbocycles. The van der Waals surface area contributed by atoms with Gasteiger partial charge in [-0.05, 0) is 82.2 Å². The van der Waals surface area contributed by atoms with Gasteiger partial charge in [0.1, 0.15) is 35.2 Å². The lowest BCUT2D eigenvalue weighted by molar-refractivity contribution is -0.0868. The molecule has 4 aromatic carbocycles. The highest BCUT2D eigenvalue weighted by Gasteiger charge is 2.40. The van der Waals surface area contributed by atoms with Gasteiger partial charge in [-0.15, -0.1) is 0 Å². The number of para-hydroxylation sites is 2. The van der Waals surface area contributed by atoms with Gasteiger partial charge in [0.05, 0.1) is 136 Å². The topological polar surface area (TPSA) is 198 Å². The molecule has 0 radical (unpaired) electrons. The van der Waals surface area contributed by atoms with Crippen LogP contribution in [0.3, 0.4) is 0 Å². The Labute approximate surface area is 473 Å². The van der Waals surface area contributed by atoms with Crippen molar-refractivity contribution in [1.82, 2.24) is 9.71 Å². The minimum atomic E-state index is -0.325. The van der Waals surface area contributed by atoms with Crippen LogP contribution in [-0.4, -0.2) is 158 Å². The monoisotopic (exact) mass is 1140 g/mol. The first-order chi connectivity index (χ1) is 39.2. The number of anilines is 2. The van der Waals surface area contributed by atoms with E-state index >= 15 is 0 Å². The van der Waals surface area contributed by atoms with Crippen molar-refractivity contribution >= 4 is 61.8 Å². The zero-order valence-corrected chi connectivity index (χ0v) is 46.6. The van der Waals surface area contributed by atoms with E-state index in [2.05, 4.69) is 69.0 Å². The fourth-order valence-corrected chi connectivity index (χ4v) is 10.8. The Morgan fingerprint density at radius 3 is 2.04 bits per heavy atom. The number of nitrogens with zero attached hydrogens (tertiary/aromatic N) is 8. The summed E-state index contributed by atoms with van der Waals surface area (Å²) in [5.41, 5.74) is 6.96. The van der Waals surface area contributed by atoms with Crippen molar-refractivity contribution in [2.45, 2.75) is 34.7 Å². The van der Waals surface area contributed by atoms with E-state index in [4.69, 9.17) is 63.1 Å². The molecule has 79 heavy (non-hydrogen) atoms. The largest absolute Gasteiger partial charge is 0.428 e. The third-order valence-electron chi connectivity index (χ3n) is 12.4. The summed E-state index contributed by atoms with van der Waals surface area (Å²) in [5.74, 6) is 0.855. The average Bonchev–Trinajstić information content (AvgIpc) is 4.13. The zero-order chi connectivity index (χ0) is 54.4. The van der Waals surface area contributed by atoms with Crippen molar-refractivity contribution in [3.05, 3.63) is 150 Å². The highest BCUT2D eigenvalue weighted by atomic mass is 33.1. The molecule has 2 aliphatic rings. The van der Waals surface area contributed by atoms with Crippen LogP contribution in [0, 0.1) is 10.7 Å². The molecule has 2 aromatic heterocycles. The standard InChI is InChI=1S/C57H68N8O11S3/c58-44-77-49-18-16-47(17-19-49)65-57-51-11-2-1-9-45(51)40-63(53-13-5-4-12-52(53)56(57)61-62-65)21-22-67-23-24-70-33-35-75-48(43-74-32-30-69-27-28-72-37-38-78-79-55-15-7-8-20-59-55)42-73-31-29-68-25-26-71-34-36-76-60-39-46-41-64(66)54-14-6-3-10-50(46)54/h1-20,39,41,48,56-57,66H,21-38,40,42-43H2/b60-39+. The zero-order valence-electron chi connectivity index (χ0n) is 44.1. The minimum Gasteiger partial charge on any atom is -0.428 e. The fourth-order valence-electron chi connectivity index (χ4n) is 8.66. The van der Waals surface area contributed by atoms with E-state index in [0.717, 1.165) is 60.1 Å². The number of rotatable bonds is 38. The summed E-state index contributed by atoms with van der Waals surface area (Å²) in [4.78, 5) is 12.9. The van der Waals surface area contributed by atoms with Crippen LogP contribution < -0.4 is 9.91 Å². The number of oxime groups is 1. The molecule has 0 amide bonds. The van der Waals surface area contributed by atoms with Crippen molar-refractivity contribution in [3.8, 4) is 5.40 Å². The SMILES string of the molecule is N#CSc1ccc(N2N=NC3c4ccccc4N(CCOCCOCCOC(COCCOCCOCCO/N=C/c4cn(O)c5ccccc45)COCCOCCOCCSSc4ccccn4)Cc4ccccc4C32)cc1. The van der Waals surface area contributed by atoms with Crippen LogP contribution in [-0.2, 0) is 54.0 Å². The van der Waals surface area contributed by atoms with Gasteiger partial charge in [-0.25, -0.2) is 9.99 Å². The number of hydrogen-bond acceptors (Lipinski definition) is 21. The van der Waals surface area contributed by atoms with Gasteiger partial charge < -0.3 is 57.6 Å². The third-order valence-corrected chi connectivity index (χ3v) is 15.2. The maximum atomic E-state index is 10.0. The highest BCUT2D eigenvalue weighted by molar-refractivity contribution is 8.76. The molecule has 19 nitrogen and oxygen atoms in total. The summed E-state index contributed by atoms with van der Waals surface area (Å²) in [6, 6.07) is 37.9. The van der Waals surface area contributed by atoms with Crippen molar-refractivity contribution in [3.63, 3.8) is 0 Å². The molecule has 6 aromatic rings. The van der Waals surface area contributed by atoms with Gasteiger partial charge in [0.2, 0.25) is 0 Å². The van der Waals surface area contributed by atoms with E-state index in [1.54, 1.807) is 40.2 Å². The van der Waals surface area contributed by atoms with Crippen LogP contribution in [0.1, 0.15) is 34.3 Å². The number of fused-ring (bicyclic) bond motifs is 6. The van der Waals surface area contributed by atoms with E-state index < -0.39 is 0 Å². The van der Waals surface area contributed by atoms with Crippen LogP contribution in [0.25, 0.3) is 10.9 Å². The Balaban J connectivity index is 0.702. The second-order valence-electron chi connectivity index (χ2n) is 17.7. The molecule has 1 N–H and O–H groups in total. The second-order valence-corrected chi connectivity index (χ2v) is 21.0. The molecular formula is C57H68N8O11S3. The van der Waals surface area contributed by atoms with Crippen molar-refractivity contribution in [2.24, 2.45) is 15.5 Å². The predicted molar refractivity (Wildman–Crippen MR) is 306 cm³/mol. The molecule has 22 heteroatoms. The Morgan fingerprint density at radius 2 is 1.30 bits per heavy atom. The average molecular weight is 1140 g/mol. The highest BCUT2D eigenvalue weighted by Crippen LogP contribution is 2.49. The normalized spacial score (nSPS) is 15.2. The summed E-state index contributed by atoms with van der Waals surface area (Å²) in [6.45, 7) is 8.75. The van der Waals surface area contributed by atoms with Gasteiger partial charge in [0.15, 0.2) is 0 Å². The lowest BCUT2D eigenvalue weighted by Crippen LogP contribution is -2.33. The molecule has 3 unspecified atom stereocenters. The molecular weight excluding hydrogens is 1070 g/mol. The summed E-state index contributed by atoms with van der Waals surface area (Å²) >= 11 is 1.14. The summed E-state index contributed by atoms with van der Waals surface area (Å²) in [5, 5.41) is 38.8. The molecule has 0 fully saturated rings. The summed E-state index contributed by atoms with van der Waals surface area (Å²) < 4.78 is 53.9. The van der Waals surface area contributed by atoms with Gasteiger partial charge in [0, 0.05) is 52.1 Å². The van der Waals surface area contributed by atoms with E-state index in [1.165, 1.54) is 11.1 Å². The molecule has 0 bridgehead atoms. The number of aromatic nitrogens is 2. The molecule has 420 valence electrons. The molecule has 3 atom stereocenters. The van der Waals surface area contributed by atoms with E-state index in [0.29, 0.717) is 131 Å². The van der Waals surface area contributed by atoms with Crippen LogP contribution >= 0.6 is 33.3 Å². The third kappa shape index (κ3) is 19.2. The molecule has 0 spiro atoms. The second kappa shape index (κ2) is 34.4. The van der Waals surface area contributed by atoms with Gasteiger partial charge >= 0.3 is 0 Å².